The summed E-state index contributed by atoms with van der Waals surface area (Å²) < 4.78 is 5.82. The zero-order valence-electron chi connectivity index (χ0n) is 27.1. The van der Waals surface area contributed by atoms with E-state index < -0.39 is 0 Å². The van der Waals surface area contributed by atoms with Gasteiger partial charge in [-0.1, -0.05) is 149 Å². The largest absolute Gasteiger partial charge is 0.489 e. The van der Waals surface area contributed by atoms with Gasteiger partial charge in [0.15, 0.2) is 0 Å². The fourth-order valence-corrected chi connectivity index (χ4v) is 3.56. The molecule has 0 aliphatic heterocycles. The van der Waals surface area contributed by atoms with Gasteiger partial charge in [-0.15, -0.1) is 0 Å². The van der Waals surface area contributed by atoms with E-state index in [1.54, 1.807) is 0 Å². The standard InChI is InChI=1S/C17H18O.C11H16.C10H14.C2H6/c1-13(2)16-9-14(3)10-17(11-16)18-12-15-7-5-4-6-8-15;1-6-11(10(4)5)8-7-9(2)3;1-2-3-7-10-8-5-4-6-9-10;1-2/h4-11H,1,12H2,2-3H3;6-8H,2,4H2,1,3,5H3;4-6,8-9H,2-3,7H2,1H3;1-2H3/b;8-7-,11-6+;;. The molecule has 0 radical (unpaired) electrons. The lowest BCUT2D eigenvalue weighted by Gasteiger charge is -2.10. The number of rotatable bonds is 10. The Morgan fingerprint density at radius 3 is 1.80 bits per heavy atom. The summed E-state index contributed by atoms with van der Waals surface area (Å²) in [4.78, 5) is 0. The minimum absolute atomic E-state index is 0.597. The fourth-order valence-electron chi connectivity index (χ4n) is 3.56. The summed E-state index contributed by atoms with van der Waals surface area (Å²) in [6.07, 6.45) is 9.90. The molecule has 1 heteroatoms. The summed E-state index contributed by atoms with van der Waals surface area (Å²) in [7, 11) is 0. The van der Waals surface area contributed by atoms with Crippen LogP contribution in [0.5, 0.6) is 5.75 Å². The van der Waals surface area contributed by atoms with Gasteiger partial charge in [0, 0.05) is 0 Å². The van der Waals surface area contributed by atoms with Gasteiger partial charge in [0.25, 0.3) is 0 Å². The van der Waals surface area contributed by atoms with Crippen LogP contribution in [0.25, 0.3) is 5.57 Å². The molecule has 0 heterocycles. The van der Waals surface area contributed by atoms with Gasteiger partial charge >= 0.3 is 0 Å². The molecule has 41 heavy (non-hydrogen) atoms. The highest BCUT2D eigenvalue weighted by atomic mass is 16.5. The first kappa shape index (κ1) is 37.2. The van der Waals surface area contributed by atoms with Crippen molar-refractivity contribution in [1.82, 2.24) is 0 Å². The first-order valence-corrected chi connectivity index (χ1v) is 14.8. The number of hydrogen-bond donors (Lipinski definition) is 0. The molecule has 0 bridgehead atoms. The highest BCUT2D eigenvalue weighted by molar-refractivity contribution is 5.63. The zero-order valence-corrected chi connectivity index (χ0v) is 27.1. The number of allylic oxidation sites excluding steroid dienone is 7. The zero-order chi connectivity index (χ0) is 31.0. The number of aryl methyl sites for hydroxylation is 2. The van der Waals surface area contributed by atoms with Crippen molar-refractivity contribution in [2.75, 3.05) is 0 Å². The Bertz CT molecular complexity index is 1210. The molecule has 1 nitrogen and oxygen atoms in total. The van der Waals surface area contributed by atoms with E-state index in [2.05, 4.69) is 88.2 Å². The predicted molar refractivity (Wildman–Crippen MR) is 186 cm³/mol. The van der Waals surface area contributed by atoms with Gasteiger partial charge in [0.05, 0.1) is 0 Å². The lowest BCUT2D eigenvalue weighted by molar-refractivity contribution is 0.306. The lowest BCUT2D eigenvalue weighted by atomic mass is 10.1. The highest BCUT2D eigenvalue weighted by Crippen LogP contribution is 2.22. The van der Waals surface area contributed by atoms with Crippen LogP contribution in [0.2, 0.25) is 0 Å². The average Bonchev–Trinajstić information content (AvgIpc) is 2.97. The Morgan fingerprint density at radius 2 is 1.34 bits per heavy atom. The number of unbranched alkanes of at least 4 members (excludes halogenated alkanes) is 1. The number of hydrogen-bond acceptors (Lipinski definition) is 1. The van der Waals surface area contributed by atoms with Crippen LogP contribution in [0.4, 0.5) is 0 Å². The third-order valence-electron chi connectivity index (χ3n) is 5.81. The van der Waals surface area contributed by atoms with Crippen molar-refractivity contribution in [2.45, 2.75) is 81.3 Å². The SMILES string of the molecule is C=C(C)/C=C\C(=C/C)C(=C)C.C=C(C)c1cc(C)cc(OCc2ccccc2)c1.CC.CCCCc1ccccc1. The molecule has 0 unspecified atom stereocenters. The Hall–Kier alpha value is -3.84. The highest BCUT2D eigenvalue weighted by Gasteiger charge is 2.01. The van der Waals surface area contributed by atoms with Crippen molar-refractivity contribution in [1.29, 1.82) is 0 Å². The Morgan fingerprint density at radius 1 is 0.780 bits per heavy atom. The Balaban J connectivity index is 0.000000603. The van der Waals surface area contributed by atoms with E-state index in [4.69, 9.17) is 4.74 Å². The smallest absolute Gasteiger partial charge is 0.120 e. The molecule has 0 spiro atoms. The second-order valence-electron chi connectivity index (χ2n) is 9.88. The maximum Gasteiger partial charge on any atom is 0.120 e. The van der Waals surface area contributed by atoms with Gasteiger partial charge in [-0.3, -0.25) is 0 Å². The number of benzene rings is 3. The van der Waals surface area contributed by atoms with Gasteiger partial charge < -0.3 is 4.74 Å². The third-order valence-corrected chi connectivity index (χ3v) is 5.81. The van der Waals surface area contributed by atoms with Crippen LogP contribution in [-0.4, -0.2) is 0 Å². The Kier molecular flexibility index (Phi) is 20.8. The molecule has 0 saturated carbocycles. The van der Waals surface area contributed by atoms with Crippen molar-refractivity contribution in [2.24, 2.45) is 0 Å². The fraction of sp³-hybridized carbons (Fsp3) is 0.300. The summed E-state index contributed by atoms with van der Waals surface area (Å²) >= 11 is 0. The van der Waals surface area contributed by atoms with E-state index >= 15 is 0 Å². The normalized spacial score (nSPS) is 10.2. The summed E-state index contributed by atoms with van der Waals surface area (Å²) in [6.45, 7) is 28.5. The van der Waals surface area contributed by atoms with E-state index in [1.165, 1.54) is 41.5 Å². The van der Waals surface area contributed by atoms with Crippen LogP contribution in [0.1, 0.15) is 83.6 Å². The number of ether oxygens (including phenoxy) is 1. The molecule has 0 aliphatic rings. The maximum absolute atomic E-state index is 5.82. The Labute approximate surface area is 252 Å². The quantitative estimate of drug-likeness (QED) is 0.228. The van der Waals surface area contributed by atoms with Crippen LogP contribution in [0.3, 0.4) is 0 Å². The molecule has 0 atom stereocenters. The summed E-state index contributed by atoms with van der Waals surface area (Å²) in [5, 5.41) is 0. The lowest BCUT2D eigenvalue weighted by Crippen LogP contribution is -1.96. The molecule has 3 aromatic rings. The van der Waals surface area contributed by atoms with E-state index in [0.29, 0.717) is 6.61 Å². The van der Waals surface area contributed by atoms with Crippen molar-refractivity contribution in [3.63, 3.8) is 0 Å². The van der Waals surface area contributed by atoms with Crippen molar-refractivity contribution < 1.29 is 4.74 Å². The van der Waals surface area contributed by atoms with Crippen molar-refractivity contribution in [3.8, 4) is 5.75 Å². The topological polar surface area (TPSA) is 9.23 Å². The summed E-state index contributed by atoms with van der Waals surface area (Å²) in [5.74, 6) is 0.900. The second-order valence-corrected chi connectivity index (χ2v) is 9.88. The van der Waals surface area contributed by atoms with Crippen molar-refractivity contribution >= 4 is 5.57 Å². The predicted octanol–water partition coefficient (Wildman–Crippen LogP) is 12.3. The van der Waals surface area contributed by atoms with Crippen LogP contribution < -0.4 is 4.74 Å². The minimum atomic E-state index is 0.597. The molecule has 0 fully saturated rings. The van der Waals surface area contributed by atoms with E-state index in [-0.39, 0.29) is 0 Å². The molecule has 0 N–H and O–H groups in total. The van der Waals surface area contributed by atoms with Crippen LogP contribution >= 0.6 is 0 Å². The minimum Gasteiger partial charge on any atom is -0.489 e. The van der Waals surface area contributed by atoms with Gasteiger partial charge in [-0.25, -0.2) is 0 Å². The maximum atomic E-state index is 5.82. The van der Waals surface area contributed by atoms with Gasteiger partial charge in [-0.05, 0) is 87.4 Å². The second kappa shape index (κ2) is 22.9. The molecule has 220 valence electrons. The van der Waals surface area contributed by atoms with Gasteiger partial charge in [0.1, 0.15) is 12.4 Å². The molecule has 0 aromatic heterocycles. The van der Waals surface area contributed by atoms with E-state index in [9.17, 15) is 0 Å². The van der Waals surface area contributed by atoms with E-state index in [0.717, 1.165) is 28.0 Å². The summed E-state index contributed by atoms with van der Waals surface area (Å²) in [6, 6.07) is 27.0. The monoisotopic (exact) mass is 550 g/mol. The molecule has 0 aliphatic carbocycles. The average molecular weight is 551 g/mol. The van der Waals surface area contributed by atoms with Crippen molar-refractivity contribution in [3.05, 3.63) is 156 Å². The summed E-state index contributed by atoms with van der Waals surface area (Å²) in [5.41, 5.74) is 9.35. The van der Waals surface area contributed by atoms with Crippen LogP contribution in [0, 0.1) is 6.92 Å². The van der Waals surface area contributed by atoms with Crippen LogP contribution in [-0.2, 0) is 13.0 Å². The first-order valence-electron chi connectivity index (χ1n) is 14.8. The molecule has 0 saturated heterocycles. The van der Waals surface area contributed by atoms with Crippen LogP contribution in [0.15, 0.2) is 134 Å². The van der Waals surface area contributed by atoms with Gasteiger partial charge in [-0.2, -0.15) is 0 Å². The molecule has 3 rings (SSSR count). The molecular formula is C40H54O. The van der Waals surface area contributed by atoms with Gasteiger partial charge in [0.2, 0.25) is 0 Å². The third kappa shape index (κ3) is 18.2. The molecular weight excluding hydrogens is 496 g/mol. The van der Waals surface area contributed by atoms with E-state index in [1.807, 2.05) is 84.0 Å². The molecule has 3 aromatic carbocycles. The first-order chi connectivity index (χ1) is 19.7. The molecule has 0 amide bonds.